The van der Waals surface area contributed by atoms with Crippen molar-refractivity contribution in [2.24, 2.45) is 7.05 Å². The van der Waals surface area contributed by atoms with Gasteiger partial charge >= 0.3 is 0 Å². The number of pyridine rings is 1. The number of nitrogens with one attached hydrogen (secondary N) is 2. The van der Waals surface area contributed by atoms with Crippen LogP contribution >= 0.6 is 0 Å². The summed E-state index contributed by atoms with van der Waals surface area (Å²) in [7, 11) is 1.67. The summed E-state index contributed by atoms with van der Waals surface area (Å²) in [6.45, 7) is 2.17. The summed E-state index contributed by atoms with van der Waals surface area (Å²) in [5, 5.41) is 13.5. The molecule has 1 saturated heterocycles. The number of aryl methyl sites for hydroxylation is 1. The quantitative estimate of drug-likeness (QED) is 0.800. The lowest BCUT2D eigenvalue weighted by atomic mass is 10.3. The Kier molecular flexibility index (Phi) is 4.29. The average molecular weight is 302 g/mol. The van der Waals surface area contributed by atoms with E-state index in [1.54, 1.807) is 13.2 Å². The van der Waals surface area contributed by atoms with E-state index in [0.717, 1.165) is 31.0 Å². The maximum Gasteiger partial charge on any atom is 0.271 e. The van der Waals surface area contributed by atoms with Crippen LogP contribution in [-0.2, 0) is 13.6 Å². The maximum atomic E-state index is 12.0. The van der Waals surface area contributed by atoms with Crippen molar-refractivity contribution in [3.8, 4) is 5.75 Å². The third-order valence-electron chi connectivity index (χ3n) is 3.48. The van der Waals surface area contributed by atoms with E-state index in [4.69, 9.17) is 4.74 Å². The predicted molar refractivity (Wildman–Crippen MR) is 78.3 cm³/mol. The smallest absolute Gasteiger partial charge is 0.271 e. The third-order valence-corrected chi connectivity index (χ3v) is 3.48. The van der Waals surface area contributed by atoms with Crippen molar-refractivity contribution < 1.29 is 9.53 Å². The molecule has 0 radical (unpaired) electrons. The normalized spacial score (nSPS) is 17.4. The number of hydrogen-bond acceptors (Lipinski definition) is 6. The highest BCUT2D eigenvalue weighted by Crippen LogP contribution is 2.15. The molecule has 3 rings (SSSR count). The maximum absolute atomic E-state index is 12.0. The fraction of sp³-hybridized carbons (Fsp3) is 0.429. The van der Waals surface area contributed by atoms with Gasteiger partial charge < -0.3 is 15.4 Å². The van der Waals surface area contributed by atoms with Gasteiger partial charge in [-0.15, -0.1) is 5.10 Å². The van der Waals surface area contributed by atoms with Gasteiger partial charge in [0.2, 0.25) is 0 Å². The van der Waals surface area contributed by atoms with Crippen molar-refractivity contribution in [3.05, 3.63) is 35.9 Å². The number of aromatic nitrogens is 4. The van der Waals surface area contributed by atoms with Crippen LogP contribution in [0.3, 0.4) is 0 Å². The van der Waals surface area contributed by atoms with Gasteiger partial charge in [0, 0.05) is 25.9 Å². The lowest BCUT2D eigenvalue weighted by Crippen LogP contribution is -2.25. The molecule has 1 aliphatic rings. The highest BCUT2D eigenvalue weighted by molar-refractivity contribution is 5.92. The summed E-state index contributed by atoms with van der Waals surface area (Å²) >= 11 is 0. The van der Waals surface area contributed by atoms with Crippen LogP contribution in [-0.4, -0.2) is 45.1 Å². The molecular formula is C14H18N6O2. The average Bonchev–Trinajstić information content (AvgIpc) is 3.17. The second-order valence-corrected chi connectivity index (χ2v) is 5.14. The second kappa shape index (κ2) is 6.52. The van der Waals surface area contributed by atoms with Gasteiger partial charge in [0.25, 0.3) is 5.91 Å². The van der Waals surface area contributed by atoms with Gasteiger partial charge in [0.05, 0.1) is 18.4 Å². The summed E-state index contributed by atoms with van der Waals surface area (Å²) in [4.78, 5) is 16.2. The number of amides is 1. The first-order chi connectivity index (χ1) is 10.7. The van der Waals surface area contributed by atoms with Gasteiger partial charge in [0.1, 0.15) is 17.5 Å². The predicted octanol–water partition coefficient (Wildman–Crippen LogP) is -0.119. The van der Waals surface area contributed by atoms with Gasteiger partial charge in [-0.2, -0.15) is 0 Å². The van der Waals surface area contributed by atoms with Gasteiger partial charge in [-0.05, 0) is 19.0 Å². The number of rotatable bonds is 5. The number of carbonyl (C=O) groups is 1. The van der Waals surface area contributed by atoms with E-state index in [2.05, 4.69) is 25.9 Å². The molecule has 8 nitrogen and oxygen atoms in total. The molecule has 22 heavy (non-hydrogen) atoms. The minimum atomic E-state index is -0.236. The van der Waals surface area contributed by atoms with Crippen LogP contribution in [0.2, 0.25) is 0 Å². The van der Waals surface area contributed by atoms with E-state index >= 15 is 0 Å². The molecule has 3 heterocycles. The van der Waals surface area contributed by atoms with Gasteiger partial charge in [-0.1, -0.05) is 5.21 Å². The molecule has 1 aliphatic heterocycles. The molecule has 1 amide bonds. The van der Waals surface area contributed by atoms with Crippen LogP contribution in [0.5, 0.6) is 5.75 Å². The number of carbonyl (C=O) groups excluding carboxylic acids is 1. The SMILES string of the molecule is Cn1nncc1C(=O)NCc1cc(OC2CCNC2)ccn1. The Morgan fingerprint density at radius 2 is 2.50 bits per heavy atom. The fourth-order valence-electron chi connectivity index (χ4n) is 2.30. The molecule has 2 aromatic rings. The molecule has 116 valence electrons. The Balaban J connectivity index is 1.58. The van der Waals surface area contributed by atoms with Crippen LogP contribution < -0.4 is 15.4 Å². The Hall–Kier alpha value is -2.48. The van der Waals surface area contributed by atoms with Crippen molar-refractivity contribution in [1.82, 2.24) is 30.6 Å². The van der Waals surface area contributed by atoms with E-state index in [1.807, 2.05) is 12.1 Å². The van der Waals surface area contributed by atoms with E-state index < -0.39 is 0 Å². The molecular weight excluding hydrogens is 284 g/mol. The molecule has 1 unspecified atom stereocenters. The minimum absolute atomic E-state index is 0.199. The molecule has 0 aliphatic carbocycles. The van der Waals surface area contributed by atoms with Crippen molar-refractivity contribution in [2.45, 2.75) is 19.1 Å². The van der Waals surface area contributed by atoms with Crippen LogP contribution in [0.15, 0.2) is 24.5 Å². The minimum Gasteiger partial charge on any atom is -0.489 e. The van der Waals surface area contributed by atoms with E-state index in [1.165, 1.54) is 10.9 Å². The topological polar surface area (TPSA) is 94.0 Å². The molecule has 2 N–H and O–H groups in total. The summed E-state index contributed by atoms with van der Waals surface area (Å²) in [5.41, 5.74) is 1.15. The third kappa shape index (κ3) is 3.40. The lowest BCUT2D eigenvalue weighted by Gasteiger charge is -2.13. The summed E-state index contributed by atoms with van der Waals surface area (Å²) < 4.78 is 7.30. The summed E-state index contributed by atoms with van der Waals surface area (Å²) in [5.74, 6) is 0.538. The van der Waals surface area contributed by atoms with Crippen LogP contribution in [0.1, 0.15) is 22.6 Å². The van der Waals surface area contributed by atoms with Crippen molar-refractivity contribution in [1.29, 1.82) is 0 Å². The molecule has 1 atom stereocenters. The lowest BCUT2D eigenvalue weighted by molar-refractivity contribution is 0.0941. The van der Waals surface area contributed by atoms with E-state index in [0.29, 0.717) is 12.2 Å². The molecule has 0 bridgehead atoms. The zero-order chi connectivity index (χ0) is 15.4. The Bertz CT molecular complexity index is 650. The Morgan fingerprint density at radius 1 is 1.59 bits per heavy atom. The first kappa shape index (κ1) is 14.5. The van der Waals surface area contributed by atoms with E-state index in [9.17, 15) is 4.79 Å². The van der Waals surface area contributed by atoms with Crippen LogP contribution in [0.25, 0.3) is 0 Å². The van der Waals surface area contributed by atoms with Gasteiger partial charge in [-0.25, -0.2) is 4.68 Å². The van der Waals surface area contributed by atoms with Crippen LogP contribution in [0.4, 0.5) is 0 Å². The second-order valence-electron chi connectivity index (χ2n) is 5.14. The zero-order valence-corrected chi connectivity index (χ0v) is 12.3. The summed E-state index contributed by atoms with van der Waals surface area (Å²) in [6, 6.07) is 3.68. The number of ether oxygens (including phenoxy) is 1. The number of nitrogens with zero attached hydrogens (tertiary/aromatic N) is 4. The first-order valence-electron chi connectivity index (χ1n) is 7.17. The standard InChI is InChI=1S/C14H18N6O2/c1-20-13(9-18-19-20)14(21)17-7-10-6-11(3-5-16-10)22-12-2-4-15-8-12/h3,5-6,9,12,15H,2,4,7-8H2,1H3,(H,17,21). The zero-order valence-electron chi connectivity index (χ0n) is 12.3. The number of hydrogen-bond donors (Lipinski definition) is 2. The van der Waals surface area contributed by atoms with Crippen LogP contribution in [0, 0.1) is 0 Å². The first-order valence-corrected chi connectivity index (χ1v) is 7.17. The van der Waals surface area contributed by atoms with Crippen molar-refractivity contribution in [2.75, 3.05) is 13.1 Å². The van der Waals surface area contributed by atoms with Crippen molar-refractivity contribution in [3.63, 3.8) is 0 Å². The summed E-state index contributed by atoms with van der Waals surface area (Å²) in [6.07, 6.45) is 4.31. The van der Waals surface area contributed by atoms with E-state index in [-0.39, 0.29) is 12.0 Å². The Labute approximate surface area is 127 Å². The van der Waals surface area contributed by atoms with Gasteiger partial charge in [-0.3, -0.25) is 9.78 Å². The monoisotopic (exact) mass is 302 g/mol. The molecule has 1 fully saturated rings. The highest BCUT2D eigenvalue weighted by Gasteiger charge is 2.16. The fourth-order valence-corrected chi connectivity index (χ4v) is 2.30. The largest absolute Gasteiger partial charge is 0.489 e. The molecule has 2 aromatic heterocycles. The molecule has 0 aromatic carbocycles. The molecule has 0 spiro atoms. The highest BCUT2D eigenvalue weighted by atomic mass is 16.5. The van der Waals surface area contributed by atoms with Gasteiger partial charge in [0.15, 0.2) is 0 Å². The Morgan fingerprint density at radius 3 is 3.23 bits per heavy atom. The van der Waals surface area contributed by atoms with Crippen molar-refractivity contribution >= 4 is 5.91 Å². The molecule has 8 heteroatoms. The molecule has 0 saturated carbocycles.